The zero-order valence-electron chi connectivity index (χ0n) is 14.1. The zero-order chi connectivity index (χ0) is 19.2. The maximum absolute atomic E-state index is 11.9. The van der Waals surface area contributed by atoms with Crippen molar-refractivity contribution in [1.82, 2.24) is 5.43 Å². The van der Waals surface area contributed by atoms with Gasteiger partial charge in [-0.05, 0) is 29.8 Å². The van der Waals surface area contributed by atoms with Crippen LogP contribution in [-0.4, -0.2) is 28.3 Å². The van der Waals surface area contributed by atoms with Crippen LogP contribution in [0.2, 0.25) is 0 Å². The highest BCUT2D eigenvalue weighted by Gasteiger charge is 2.16. The van der Waals surface area contributed by atoms with Crippen molar-refractivity contribution in [2.75, 3.05) is 0 Å². The van der Waals surface area contributed by atoms with Crippen molar-refractivity contribution in [3.05, 3.63) is 83.6 Å². The first kappa shape index (κ1) is 18.1. The number of aliphatic hydroxyl groups is 1. The summed E-state index contributed by atoms with van der Waals surface area (Å²) in [7, 11) is 0. The summed E-state index contributed by atoms with van der Waals surface area (Å²) in [6, 6.07) is 18.1. The third-order valence-electron chi connectivity index (χ3n) is 3.75. The molecule has 3 aromatic rings. The number of hydrazone groups is 1. The van der Waals surface area contributed by atoms with Gasteiger partial charge in [0.15, 0.2) is 6.10 Å². The molecular weight excluding hydrogens is 348 g/mol. The minimum Gasteiger partial charge on any atom is -0.478 e. The molecule has 27 heavy (non-hydrogen) atoms. The summed E-state index contributed by atoms with van der Waals surface area (Å²) in [4.78, 5) is 22.9. The molecule has 0 aliphatic heterocycles. The van der Waals surface area contributed by atoms with Gasteiger partial charge in [-0.2, -0.15) is 5.10 Å². The van der Waals surface area contributed by atoms with E-state index < -0.39 is 18.0 Å². The van der Waals surface area contributed by atoms with Crippen LogP contribution in [0.4, 0.5) is 0 Å². The van der Waals surface area contributed by atoms with Gasteiger partial charge in [-0.3, -0.25) is 4.79 Å². The van der Waals surface area contributed by atoms with Gasteiger partial charge in [-0.15, -0.1) is 0 Å². The fourth-order valence-electron chi connectivity index (χ4n) is 2.39. The second kappa shape index (κ2) is 8.11. The molecular formula is C20H16N2O5. The number of hydrogen-bond acceptors (Lipinski definition) is 5. The Morgan fingerprint density at radius 1 is 1.04 bits per heavy atom. The first-order chi connectivity index (χ1) is 13.0. The van der Waals surface area contributed by atoms with Crippen molar-refractivity contribution in [2.24, 2.45) is 5.10 Å². The predicted octanol–water partition coefficient (Wildman–Crippen LogP) is 2.83. The van der Waals surface area contributed by atoms with Gasteiger partial charge in [-0.1, -0.05) is 42.5 Å². The van der Waals surface area contributed by atoms with Gasteiger partial charge in [0.2, 0.25) is 0 Å². The van der Waals surface area contributed by atoms with Crippen molar-refractivity contribution in [3.63, 3.8) is 0 Å². The van der Waals surface area contributed by atoms with Crippen molar-refractivity contribution < 1.29 is 24.2 Å². The van der Waals surface area contributed by atoms with Crippen LogP contribution in [-0.2, 0) is 4.79 Å². The zero-order valence-corrected chi connectivity index (χ0v) is 14.1. The Morgan fingerprint density at radius 2 is 1.81 bits per heavy atom. The van der Waals surface area contributed by atoms with Crippen molar-refractivity contribution in [1.29, 1.82) is 0 Å². The molecule has 136 valence electrons. The summed E-state index contributed by atoms with van der Waals surface area (Å²) in [5, 5.41) is 22.8. The third-order valence-corrected chi connectivity index (χ3v) is 3.75. The van der Waals surface area contributed by atoms with Gasteiger partial charge in [0.05, 0.1) is 11.8 Å². The molecule has 0 spiro atoms. The fourth-order valence-corrected chi connectivity index (χ4v) is 2.39. The van der Waals surface area contributed by atoms with Crippen LogP contribution in [0.3, 0.4) is 0 Å². The van der Waals surface area contributed by atoms with E-state index in [1.807, 2.05) is 0 Å². The van der Waals surface area contributed by atoms with Gasteiger partial charge in [0.1, 0.15) is 11.5 Å². The first-order valence-corrected chi connectivity index (χ1v) is 8.04. The molecule has 3 N–H and O–H groups in total. The average Bonchev–Trinajstić information content (AvgIpc) is 3.17. The number of carbonyl (C=O) groups is 2. The second-order valence-corrected chi connectivity index (χ2v) is 5.64. The number of hydrogen-bond donors (Lipinski definition) is 3. The quantitative estimate of drug-likeness (QED) is 0.460. The van der Waals surface area contributed by atoms with Crippen LogP contribution in [0.25, 0.3) is 11.3 Å². The lowest BCUT2D eigenvalue weighted by atomic mass is 10.1. The van der Waals surface area contributed by atoms with Gasteiger partial charge in [0.25, 0.3) is 5.91 Å². The van der Waals surface area contributed by atoms with E-state index in [0.29, 0.717) is 22.6 Å². The molecule has 0 bridgehead atoms. The summed E-state index contributed by atoms with van der Waals surface area (Å²) < 4.78 is 5.58. The van der Waals surface area contributed by atoms with Crippen LogP contribution in [0.1, 0.15) is 27.8 Å². The summed E-state index contributed by atoms with van der Waals surface area (Å²) in [5.74, 6) is -0.862. The maximum atomic E-state index is 11.9. The number of benzene rings is 2. The van der Waals surface area contributed by atoms with Crippen LogP contribution in [0.15, 0.2) is 76.2 Å². The molecule has 0 aliphatic rings. The number of aromatic carboxylic acids is 1. The number of nitrogens with one attached hydrogen (secondary N) is 1. The number of carboxylic acids is 1. The minimum absolute atomic E-state index is 0.154. The Hall–Kier alpha value is -3.71. The molecule has 0 aliphatic carbocycles. The predicted molar refractivity (Wildman–Crippen MR) is 98.2 cm³/mol. The Labute approximate surface area is 154 Å². The lowest BCUT2D eigenvalue weighted by molar-refractivity contribution is -0.129. The molecule has 7 heteroatoms. The molecule has 1 atom stereocenters. The second-order valence-electron chi connectivity index (χ2n) is 5.64. The monoisotopic (exact) mass is 364 g/mol. The molecule has 1 heterocycles. The molecule has 3 rings (SSSR count). The topological polar surface area (TPSA) is 112 Å². The number of rotatable bonds is 6. The highest BCUT2D eigenvalue weighted by Crippen LogP contribution is 2.22. The molecule has 0 fully saturated rings. The molecule has 1 amide bonds. The van der Waals surface area contributed by atoms with Gasteiger partial charge in [-0.25, -0.2) is 10.2 Å². The van der Waals surface area contributed by atoms with Gasteiger partial charge < -0.3 is 14.6 Å². The van der Waals surface area contributed by atoms with Crippen LogP contribution >= 0.6 is 0 Å². The molecule has 0 radical (unpaired) electrons. The average molecular weight is 364 g/mol. The number of amides is 1. The van der Waals surface area contributed by atoms with E-state index in [9.17, 15) is 14.7 Å². The number of furan rings is 1. The van der Waals surface area contributed by atoms with Crippen molar-refractivity contribution >= 4 is 18.1 Å². The minimum atomic E-state index is -1.32. The largest absolute Gasteiger partial charge is 0.478 e. The van der Waals surface area contributed by atoms with Crippen molar-refractivity contribution in [3.8, 4) is 11.3 Å². The third kappa shape index (κ3) is 4.47. The van der Waals surface area contributed by atoms with E-state index >= 15 is 0 Å². The number of nitrogens with zero attached hydrogens (tertiary/aromatic N) is 1. The Kier molecular flexibility index (Phi) is 5.44. The first-order valence-electron chi connectivity index (χ1n) is 8.04. The summed E-state index contributed by atoms with van der Waals surface area (Å²) in [6.07, 6.45) is -0.0329. The molecule has 0 unspecified atom stereocenters. The van der Waals surface area contributed by atoms with E-state index in [2.05, 4.69) is 10.5 Å². The van der Waals surface area contributed by atoms with Crippen LogP contribution in [0, 0.1) is 0 Å². The molecule has 0 saturated heterocycles. The highest BCUT2D eigenvalue weighted by molar-refractivity contribution is 5.89. The Bertz CT molecular complexity index is 979. The highest BCUT2D eigenvalue weighted by atomic mass is 16.4. The van der Waals surface area contributed by atoms with Crippen LogP contribution in [0.5, 0.6) is 0 Å². The van der Waals surface area contributed by atoms with E-state index in [1.165, 1.54) is 18.3 Å². The SMILES string of the molecule is O=C(O)c1cccc(-c2ccc(/C=N\NC(=O)[C@H](O)c3ccccc3)o2)c1. The van der Waals surface area contributed by atoms with E-state index in [-0.39, 0.29) is 5.56 Å². The number of aliphatic hydroxyl groups excluding tert-OH is 1. The Balaban J connectivity index is 1.64. The Morgan fingerprint density at radius 3 is 2.56 bits per heavy atom. The van der Waals surface area contributed by atoms with Gasteiger partial charge in [0, 0.05) is 5.56 Å². The maximum Gasteiger partial charge on any atom is 0.335 e. The van der Waals surface area contributed by atoms with E-state index in [4.69, 9.17) is 9.52 Å². The lowest BCUT2D eigenvalue weighted by Crippen LogP contribution is -2.25. The standard InChI is InChI=1S/C20H16N2O5/c23-18(13-5-2-1-3-6-13)19(24)22-21-12-16-9-10-17(27-16)14-7-4-8-15(11-14)20(25)26/h1-12,18,23H,(H,22,24)(H,25,26)/b21-12-/t18-/m1/s1. The van der Waals surface area contributed by atoms with Crippen LogP contribution < -0.4 is 5.43 Å². The van der Waals surface area contributed by atoms with Crippen molar-refractivity contribution in [2.45, 2.75) is 6.10 Å². The number of carbonyl (C=O) groups excluding carboxylic acids is 1. The summed E-state index contributed by atoms with van der Waals surface area (Å²) in [5.41, 5.74) is 3.47. The molecule has 7 nitrogen and oxygen atoms in total. The lowest BCUT2D eigenvalue weighted by Gasteiger charge is -2.08. The fraction of sp³-hybridized carbons (Fsp3) is 0.0500. The normalized spacial score (nSPS) is 12.0. The molecule has 0 saturated carbocycles. The summed E-state index contributed by atoms with van der Waals surface area (Å²) in [6.45, 7) is 0. The molecule has 1 aromatic heterocycles. The molecule has 2 aromatic carbocycles. The number of carboxylic acid groups (broad SMARTS) is 1. The summed E-state index contributed by atoms with van der Waals surface area (Å²) >= 11 is 0. The van der Waals surface area contributed by atoms with E-state index in [0.717, 1.165) is 0 Å². The van der Waals surface area contributed by atoms with E-state index in [1.54, 1.807) is 54.6 Å². The van der Waals surface area contributed by atoms with Gasteiger partial charge >= 0.3 is 5.97 Å². The smallest absolute Gasteiger partial charge is 0.335 e.